The second kappa shape index (κ2) is 25.1. The number of pyridine rings is 1. The van der Waals surface area contributed by atoms with Gasteiger partial charge in [0.05, 0.1) is 21.6 Å². The molecule has 4 amide bonds. The number of nitrogens with zero attached hydrogens (tertiary/aromatic N) is 6. The van der Waals surface area contributed by atoms with Gasteiger partial charge >= 0.3 is 0 Å². The molecule has 0 saturated carbocycles. The second-order valence-electron chi connectivity index (χ2n) is 23.4. The van der Waals surface area contributed by atoms with Crippen LogP contribution in [0.1, 0.15) is 103 Å². The molecule has 2 atom stereocenters. The Bertz CT molecular complexity index is 3660. The molecule has 19 nitrogen and oxygen atoms in total. The number of ether oxygens (including phenoxy) is 1. The van der Waals surface area contributed by atoms with E-state index < -0.39 is 43.4 Å². The Labute approximate surface area is 498 Å². The number of allylic oxidation sites excluding steroid dienone is 1. The minimum atomic E-state index is -4.63. The first-order chi connectivity index (χ1) is 40.4. The zero-order valence-electron chi connectivity index (χ0n) is 47.2. The largest absolute Gasteiger partial charge is 0.455 e. The number of aromatic nitrogens is 2. The smallest absolute Gasteiger partial charge is 0.293 e. The van der Waals surface area contributed by atoms with Gasteiger partial charge in [-0.25, -0.2) is 18.1 Å². The predicted molar refractivity (Wildman–Crippen MR) is 325 cm³/mol. The summed E-state index contributed by atoms with van der Waals surface area (Å²) in [5.74, 6) is -0.417. The van der Waals surface area contributed by atoms with Crippen molar-refractivity contribution in [3.8, 4) is 11.5 Å². The molecule has 0 bridgehead atoms. The topological polar surface area (TPSA) is 233 Å². The fourth-order valence-electron chi connectivity index (χ4n) is 12.3. The number of nitro benzene ring substituents is 1. The van der Waals surface area contributed by atoms with E-state index in [0.717, 1.165) is 123 Å². The van der Waals surface area contributed by atoms with Crippen LogP contribution in [0.3, 0.4) is 0 Å². The molecule has 4 aliphatic heterocycles. The molecule has 11 rings (SSSR count). The van der Waals surface area contributed by atoms with Crippen LogP contribution in [0.2, 0.25) is 5.02 Å². The van der Waals surface area contributed by atoms with Crippen LogP contribution >= 0.6 is 23.4 Å². The molecule has 440 valence electrons. The van der Waals surface area contributed by atoms with Gasteiger partial charge in [-0.2, -0.15) is 0 Å². The number of fused-ring (bicyclic) bond motifs is 2. The van der Waals surface area contributed by atoms with E-state index in [1.807, 2.05) is 30.3 Å². The fraction of sp³-hybridized carbons (Fsp3) is 0.403. The summed E-state index contributed by atoms with van der Waals surface area (Å²) in [5, 5.41) is 19.6. The van der Waals surface area contributed by atoms with Crippen molar-refractivity contribution in [1.29, 1.82) is 0 Å². The number of aromatic amines is 1. The highest BCUT2D eigenvalue weighted by Gasteiger charge is 2.40. The number of thioether (sulfide) groups is 1. The molecule has 0 spiro atoms. The Balaban J connectivity index is 0.699. The van der Waals surface area contributed by atoms with Gasteiger partial charge in [0.15, 0.2) is 0 Å². The Morgan fingerprint density at radius 1 is 0.940 bits per heavy atom. The van der Waals surface area contributed by atoms with Crippen LogP contribution < -0.4 is 25.0 Å². The third kappa shape index (κ3) is 13.4. The summed E-state index contributed by atoms with van der Waals surface area (Å²) in [4.78, 5) is 80.5. The van der Waals surface area contributed by atoms with E-state index in [0.29, 0.717) is 49.6 Å². The van der Waals surface area contributed by atoms with Crippen LogP contribution in [0.4, 0.5) is 17.1 Å². The first kappa shape index (κ1) is 58.5. The van der Waals surface area contributed by atoms with Crippen molar-refractivity contribution in [1.82, 2.24) is 34.7 Å². The van der Waals surface area contributed by atoms with Gasteiger partial charge < -0.3 is 29.7 Å². The van der Waals surface area contributed by atoms with Crippen molar-refractivity contribution in [2.45, 2.75) is 94.0 Å². The van der Waals surface area contributed by atoms with Crippen molar-refractivity contribution >= 4 is 90.7 Å². The van der Waals surface area contributed by atoms with Crippen LogP contribution in [0, 0.1) is 21.4 Å². The van der Waals surface area contributed by atoms with E-state index >= 15 is 0 Å². The van der Waals surface area contributed by atoms with Gasteiger partial charge in [0.25, 0.3) is 27.5 Å². The number of halogens is 1. The van der Waals surface area contributed by atoms with Crippen molar-refractivity contribution in [2.24, 2.45) is 11.3 Å². The number of anilines is 2. The number of carbonyl (C=O) groups excluding carboxylic acids is 4. The number of rotatable bonds is 20. The van der Waals surface area contributed by atoms with Crippen molar-refractivity contribution in [2.75, 3.05) is 74.9 Å². The van der Waals surface area contributed by atoms with Crippen molar-refractivity contribution in [3.05, 3.63) is 146 Å². The van der Waals surface area contributed by atoms with Gasteiger partial charge in [0.1, 0.15) is 28.9 Å². The van der Waals surface area contributed by atoms with Crippen LogP contribution in [-0.4, -0.2) is 132 Å². The maximum atomic E-state index is 14.2. The number of carbonyl (C=O) groups is 4. The molecule has 2 aromatic heterocycles. The van der Waals surface area contributed by atoms with E-state index in [4.69, 9.17) is 16.3 Å². The summed E-state index contributed by atoms with van der Waals surface area (Å²) in [6, 6.07) is 25.5. The average Bonchev–Trinajstić information content (AvgIpc) is 3.06. The maximum absolute atomic E-state index is 14.2. The Kier molecular flexibility index (Phi) is 17.5. The van der Waals surface area contributed by atoms with Crippen LogP contribution in [0.25, 0.3) is 16.6 Å². The number of piperidine rings is 2. The lowest BCUT2D eigenvalue weighted by atomic mass is 9.72. The number of amides is 4. The predicted octanol–water partition coefficient (Wildman–Crippen LogP) is 10.3. The summed E-state index contributed by atoms with van der Waals surface area (Å²) in [6.07, 6.45) is 10.7. The molecule has 2 unspecified atom stereocenters. The highest BCUT2D eigenvalue weighted by atomic mass is 35.5. The molecule has 6 heterocycles. The number of likely N-dealkylation sites (tertiary alicyclic amines) is 1. The van der Waals surface area contributed by atoms with Gasteiger partial charge in [0, 0.05) is 104 Å². The lowest BCUT2D eigenvalue weighted by molar-refractivity contribution is -0.384. The van der Waals surface area contributed by atoms with Gasteiger partial charge in [-0.15, -0.1) is 11.8 Å². The minimum absolute atomic E-state index is 0.0550. The van der Waals surface area contributed by atoms with Crippen molar-refractivity contribution in [3.63, 3.8) is 0 Å². The number of piperazine rings is 1. The summed E-state index contributed by atoms with van der Waals surface area (Å²) in [7, 11) is -4.63. The quantitative estimate of drug-likeness (QED) is 0.0183. The molecule has 3 saturated heterocycles. The first-order valence-corrected chi connectivity index (χ1v) is 31.7. The van der Waals surface area contributed by atoms with Crippen LogP contribution in [0.15, 0.2) is 119 Å². The average molecular weight is 1200 g/mol. The third-order valence-electron chi connectivity index (χ3n) is 16.9. The second-order valence-corrected chi connectivity index (χ2v) is 26.6. The van der Waals surface area contributed by atoms with Gasteiger partial charge in [0.2, 0.25) is 11.8 Å². The molecule has 3 fully saturated rings. The number of sulfonamides is 1. The Hall–Kier alpha value is -7.30. The summed E-state index contributed by atoms with van der Waals surface area (Å²) in [5.41, 5.74) is 6.93. The SMILES string of the molecule is CC1(C)CCC(CN2CCN(c3ccc(C(=O)NS(=O)(=O)c4ccc(NCC5CCCN(CCCCSc6cccc7c6CN(C6CCC(=O)NC6=O)C7=O)C5)c([N+](=O)[O-])c4)c(Oc4cnc5[nH]ccc5c4)c3)CC2)=C(c2ccc(Cl)cc2)C1. The number of hydrogen-bond acceptors (Lipinski definition) is 15. The van der Waals surface area contributed by atoms with E-state index in [2.05, 4.69) is 66.0 Å². The zero-order valence-corrected chi connectivity index (χ0v) is 49.6. The summed E-state index contributed by atoms with van der Waals surface area (Å²) < 4.78 is 36.6. The van der Waals surface area contributed by atoms with Gasteiger partial charge in [-0.1, -0.05) is 49.2 Å². The number of nitrogens with one attached hydrogen (secondary N) is 4. The van der Waals surface area contributed by atoms with E-state index in [-0.39, 0.29) is 46.6 Å². The maximum Gasteiger partial charge on any atom is 0.293 e. The van der Waals surface area contributed by atoms with E-state index in [1.165, 1.54) is 35.0 Å². The number of unbranched alkanes of at least 4 members (excludes halogenated alkanes) is 1. The minimum Gasteiger partial charge on any atom is -0.455 e. The molecule has 0 radical (unpaired) electrons. The molecule has 1 aliphatic carbocycles. The molecule has 22 heteroatoms. The lowest BCUT2D eigenvalue weighted by Gasteiger charge is -2.39. The monoisotopic (exact) mass is 1200 g/mol. The number of imide groups is 1. The van der Waals surface area contributed by atoms with Gasteiger partial charge in [-0.05, 0) is 159 Å². The van der Waals surface area contributed by atoms with E-state index in [9.17, 15) is 37.7 Å². The molecule has 4 aromatic carbocycles. The zero-order chi connectivity index (χ0) is 58.7. The number of benzene rings is 4. The Morgan fingerprint density at radius 3 is 2.56 bits per heavy atom. The van der Waals surface area contributed by atoms with Gasteiger partial charge in [-0.3, -0.25) is 39.5 Å². The molecule has 4 N–H and O–H groups in total. The molecular weight excluding hydrogens is 1130 g/mol. The highest BCUT2D eigenvalue weighted by Crippen LogP contribution is 2.44. The summed E-state index contributed by atoms with van der Waals surface area (Å²) in [6.45, 7) is 11.9. The lowest BCUT2D eigenvalue weighted by Crippen LogP contribution is -2.52. The normalized spacial score (nSPS) is 19.6. The standard InChI is InChI=1S/C62H69ClN10O9S2/c1-62(2)22-20-43(50(34-62)41-10-12-44(63)13-11-41)38-70-26-28-71(29-27-70)45-14-16-49(55(32-45)82-46-31-42-21-23-64-58(42)66-36-46)59(75)68-84(80,81)47-15-17-52(54(33-47)73(78)79)65-35-40-7-6-25-69(37-40)24-3-4-30-83-56-9-5-8-48-51(56)39-72(61(48)77)53-18-19-57(74)67-60(53)76/h5,8-17,21,23,31-33,36,40,53,65H,3-4,6-7,18-20,22,24-30,34-35,37-39H2,1-2H3,(H,64,66)(H,68,75)(H,67,74,76). The summed E-state index contributed by atoms with van der Waals surface area (Å²) >= 11 is 7.97. The van der Waals surface area contributed by atoms with Crippen molar-refractivity contribution < 1.29 is 37.3 Å². The highest BCUT2D eigenvalue weighted by molar-refractivity contribution is 7.99. The van der Waals surface area contributed by atoms with Crippen LogP contribution in [-0.2, 0) is 26.2 Å². The number of nitro groups is 1. The molecule has 84 heavy (non-hydrogen) atoms. The third-order valence-corrected chi connectivity index (χ3v) is 19.7. The molecule has 5 aliphatic rings. The number of H-pyrrole nitrogens is 1. The number of hydrogen-bond donors (Lipinski definition) is 4. The van der Waals surface area contributed by atoms with Crippen LogP contribution in [0.5, 0.6) is 11.5 Å². The molecular formula is C62H69ClN10O9S2. The fourth-order valence-corrected chi connectivity index (χ4v) is 14.5. The Morgan fingerprint density at radius 2 is 1.76 bits per heavy atom. The van der Waals surface area contributed by atoms with E-state index in [1.54, 1.807) is 53.2 Å². The molecule has 6 aromatic rings. The first-order valence-electron chi connectivity index (χ1n) is 28.8.